The number of hydrogen-bond donors (Lipinski definition) is 1. The Morgan fingerprint density at radius 2 is 1.44 bits per heavy atom. The van der Waals surface area contributed by atoms with E-state index < -0.39 is 41.3 Å². The third-order valence-corrected chi connectivity index (χ3v) is 6.29. The molecule has 0 bridgehead atoms. The molecule has 4 atom stereocenters. The summed E-state index contributed by atoms with van der Waals surface area (Å²) in [5.74, 6) is -2.73. The largest absolute Gasteiger partial charge is 0.467 e. The predicted molar refractivity (Wildman–Crippen MR) is 118 cm³/mol. The Bertz CT molecular complexity index is 1080. The van der Waals surface area contributed by atoms with E-state index in [4.69, 9.17) is 9.47 Å². The molecule has 2 heterocycles. The maximum absolute atomic E-state index is 13.8. The van der Waals surface area contributed by atoms with Gasteiger partial charge in [-0.2, -0.15) is 0 Å². The Labute approximate surface area is 187 Å². The van der Waals surface area contributed by atoms with Gasteiger partial charge in [-0.3, -0.25) is 4.79 Å². The van der Waals surface area contributed by atoms with Crippen LogP contribution in [0.25, 0.3) is 0 Å². The summed E-state index contributed by atoms with van der Waals surface area (Å²) in [6, 6.07) is 13.6. The SMILES string of the molecule is COC(=O)C1NN2C(c3ccc(C)cc3)C=CC(c3ccc(C)cc3)C2(C(=O)OC)C1=O. The lowest BCUT2D eigenvalue weighted by atomic mass is 9.71. The minimum atomic E-state index is -1.77. The van der Waals surface area contributed by atoms with E-state index >= 15 is 0 Å². The molecule has 2 aliphatic heterocycles. The molecular formula is C25H26N2O5. The van der Waals surface area contributed by atoms with Crippen LogP contribution in [0.4, 0.5) is 0 Å². The lowest BCUT2D eigenvalue weighted by Gasteiger charge is -2.45. The van der Waals surface area contributed by atoms with Gasteiger partial charge >= 0.3 is 11.9 Å². The number of rotatable bonds is 4. The molecule has 32 heavy (non-hydrogen) atoms. The zero-order valence-corrected chi connectivity index (χ0v) is 18.5. The number of ketones is 1. The second-order valence-corrected chi connectivity index (χ2v) is 8.21. The van der Waals surface area contributed by atoms with Crippen molar-refractivity contribution in [3.8, 4) is 0 Å². The van der Waals surface area contributed by atoms with Crippen LogP contribution >= 0.6 is 0 Å². The van der Waals surface area contributed by atoms with Crippen molar-refractivity contribution in [1.82, 2.24) is 10.4 Å². The van der Waals surface area contributed by atoms with Gasteiger partial charge in [-0.1, -0.05) is 71.8 Å². The normalized spacial score (nSPS) is 27.1. The average molecular weight is 434 g/mol. The molecule has 1 saturated heterocycles. The van der Waals surface area contributed by atoms with Crippen LogP contribution < -0.4 is 5.43 Å². The Hall–Kier alpha value is -3.29. The Kier molecular flexibility index (Phi) is 5.71. The Balaban J connectivity index is 1.94. The Morgan fingerprint density at radius 3 is 1.97 bits per heavy atom. The second kappa shape index (κ2) is 8.33. The zero-order chi connectivity index (χ0) is 23.0. The topological polar surface area (TPSA) is 84.9 Å². The number of carbonyl (C=O) groups excluding carboxylic acids is 3. The van der Waals surface area contributed by atoms with Crippen molar-refractivity contribution < 1.29 is 23.9 Å². The molecule has 7 nitrogen and oxygen atoms in total. The van der Waals surface area contributed by atoms with Gasteiger partial charge in [-0.25, -0.2) is 20.0 Å². The number of methoxy groups -OCH3 is 2. The smallest absolute Gasteiger partial charge is 0.336 e. The molecule has 7 heteroatoms. The third-order valence-electron chi connectivity index (χ3n) is 6.29. The van der Waals surface area contributed by atoms with Crippen LogP contribution in [-0.2, 0) is 23.9 Å². The number of nitrogens with one attached hydrogen (secondary N) is 1. The van der Waals surface area contributed by atoms with E-state index in [0.717, 1.165) is 22.3 Å². The van der Waals surface area contributed by atoms with E-state index in [1.807, 2.05) is 74.5 Å². The van der Waals surface area contributed by atoms with E-state index in [9.17, 15) is 14.4 Å². The van der Waals surface area contributed by atoms with Gasteiger partial charge in [-0.15, -0.1) is 0 Å². The van der Waals surface area contributed by atoms with Crippen molar-refractivity contribution in [2.45, 2.75) is 37.4 Å². The lowest BCUT2D eigenvalue weighted by molar-refractivity contribution is -0.161. The van der Waals surface area contributed by atoms with Crippen LogP contribution in [0.15, 0.2) is 60.7 Å². The first-order chi connectivity index (χ1) is 15.3. The molecule has 2 aromatic carbocycles. The highest BCUT2D eigenvalue weighted by Crippen LogP contribution is 2.48. The highest BCUT2D eigenvalue weighted by atomic mass is 16.5. The molecule has 0 aromatic heterocycles. The van der Waals surface area contributed by atoms with Crippen molar-refractivity contribution >= 4 is 17.7 Å². The van der Waals surface area contributed by atoms with Crippen LogP contribution in [0.5, 0.6) is 0 Å². The molecule has 4 rings (SSSR count). The molecule has 4 unspecified atom stereocenters. The van der Waals surface area contributed by atoms with Crippen molar-refractivity contribution in [3.63, 3.8) is 0 Å². The second-order valence-electron chi connectivity index (χ2n) is 8.21. The van der Waals surface area contributed by atoms with E-state index in [-0.39, 0.29) is 0 Å². The lowest BCUT2D eigenvalue weighted by Crippen LogP contribution is -2.63. The predicted octanol–water partition coefficient (Wildman–Crippen LogP) is 2.54. The maximum Gasteiger partial charge on any atom is 0.336 e. The molecule has 0 amide bonds. The number of esters is 2. The highest BCUT2D eigenvalue weighted by molar-refractivity contribution is 6.20. The zero-order valence-electron chi connectivity index (χ0n) is 18.5. The first kappa shape index (κ1) is 21.9. The number of fused-ring (bicyclic) bond motifs is 1. The number of aryl methyl sites for hydroxylation is 2. The van der Waals surface area contributed by atoms with Crippen molar-refractivity contribution in [2.24, 2.45) is 0 Å². The van der Waals surface area contributed by atoms with Gasteiger partial charge in [0.1, 0.15) is 0 Å². The highest BCUT2D eigenvalue weighted by Gasteiger charge is 2.68. The number of carbonyl (C=O) groups is 3. The van der Waals surface area contributed by atoms with E-state index in [1.165, 1.54) is 14.2 Å². The fourth-order valence-electron chi connectivity index (χ4n) is 4.59. The number of hydrazine groups is 1. The summed E-state index contributed by atoms with van der Waals surface area (Å²) < 4.78 is 10.0. The molecule has 1 fully saturated rings. The van der Waals surface area contributed by atoms with Crippen LogP contribution in [-0.4, -0.2) is 48.5 Å². The molecule has 0 spiro atoms. The van der Waals surface area contributed by atoms with Gasteiger partial charge in [0.15, 0.2) is 11.8 Å². The quantitative estimate of drug-likeness (QED) is 0.450. The Morgan fingerprint density at radius 1 is 0.875 bits per heavy atom. The summed E-state index contributed by atoms with van der Waals surface area (Å²) in [6.07, 6.45) is 3.80. The molecule has 2 aliphatic rings. The van der Waals surface area contributed by atoms with Crippen molar-refractivity contribution in [2.75, 3.05) is 14.2 Å². The van der Waals surface area contributed by atoms with E-state index in [0.29, 0.717) is 0 Å². The molecule has 0 radical (unpaired) electrons. The van der Waals surface area contributed by atoms with Gasteiger partial charge in [0.25, 0.3) is 0 Å². The van der Waals surface area contributed by atoms with Crippen LogP contribution in [0.3, 0.4) is 0 Å². The summed E-state index contributed by atoms with van der Waals surface area (Å²) in [5, 5.41) is 1.57. The number of hydrogen-bond acceptors (Lipinski definition) is 7. The van der Waals surface area contributed by atoms with Gasteiger partial charge in [0.2, 0.25) is 5.54 Å². The molecular weight excluding hydrogens is 408 g/mol. The van der Waals surface area contributed by atoms with Crippen LogP contribution in [0.2, 0.25) is 0 Å². The third kappa shape index (κ3) is 3.25. The summed E-state index contributed by atoms with van der Waals surface area (Å²) in [6.45, 7) is 3.95. The summed E-state index contributed by atoms with van der Waals surface area (Å²) in [5.41, 5.74) is 4.99. The number of benzene rings is 2. The number of ether oxygens (including phenoxy) is 2. The first-order valence-corrected chi connectivity index (χ1v) is 10.4. The van der Waals surface area contributed by atoms with Gasteiger partial charge < -0.3 is 9.47 Å². The molecule has 1 N–H and O–H groups in total. The van der Waals surface area contributed by atoms with Gasteiger partial charge in [0, 0.05) is 5.92 Å². The van der Waals surface area contributed by atoms with Gasteiger partial charge in [0.05, 0.1) is 20.3 Å². The standard InChI is InChI=1S/C25H26N2O5/c1-15-5-9-17(10-6-15)19-13-14-20(18-11-7-16(2)8-12-18)27-25(19,24(30)32-4)22(28)21(26-27)23(29)31-3/h5-14,19-21,26H,1-4H3. The molecule has 0 aliphatic carbocycles. The first-order valence-electron chi connectivity index (χ1n) is 10.4. The molecule has 2 aromatic rings. The summed E-state index contributed by atoms with van der Waals surface area (Å²) in [4.78, 5) is 39.7. The summed E-state index contributed by atoms with van der Waals surface area (Å²) >= 11 is 0. The maximum atomic E-state index is 13.8. The fourth-order valence-corrected chi connectivity index (χ4v) is 4.59. The van der Waals surface area contributed by atoms with E-state index in [1.54, 1.807) is 5.01 Å². The minimum Gasteiger partial charge on any atom is -0.467 e. The number of nitrogens with zero attached hydrogens (tertiary/aromatic N) is 1. The number of Topliss-reactive ketones (excluding diaryl/α,β-unsaturated/α-hetero) is 1. The van der Waals surface area contributed by atoms with E-state index in [2.05, 4.69) is 5.43 Å². The van der Waals surface area contributed by atoms with Crippen LogP contribution in [0, 0.1) is 13.8 Å². The van der Waals surface area contributed by atoms with Gasteiger partial charge in [-0.05, 0) is 25.0 Å². The molecule has 0 saturated carbocycles. The van der Waals surface area contributed by atoms with Crippen molar-refractivity contribution in [1.29, 1.82) is 0 Å². The minimum absolute atomic E-state index is 0.477. The molecule has 166 valence electrons. The average Bonchev–Trinajstić information content (AvgIpc) is 3.13. The van der Waals surface area contributed by atoms with Crippen molar-refractivity contribution in [3.05, 3.63) is 82.9 Å². The van der Waals surface area contributed by atoms with Crippen LogP contribution in [0.1, 0.15) is 34.2 Å². The fraction of sp³-hybridized carbons (Fsp3) is 0.320. The monoisotopic (exact) mass is 434 g/mol. The summed E-state index contributed by atoms with van der Waals surface area (Å²) in [7, 11) is 2.46.